The molecule has 0 saturated carbocycles. The maximum Gasteiger partial charge on any atom is 0.00438 e. The van der Waals surface area contributed by atoms with Gasteiger partial charge in [0.25, 0.3) is 0 Å². The molecule has 21 heavy (non-hydrogen) atoms. The van der Waals surface area contributed by atoms with E-state index in [1.54, 1.807) is 11.1 Å². The summed E-state index contributed by atoms with van der Waals surface area (Å²) in [6.07, 6.45) is 7.83. The molecule has 1 aliphatic rings. The molecule has 0 radical (unpaired) electrons. The maximum atomic E-state index is 3.64. The first-order valence-corrected chi connectivity index (χ1v) is 8.83. The Bertz CT molecular complexity index is 435. The van der Waals surface area contributed by atoms with Crippen molar-refractivity contribution in [1.29, 1.82) is 0 Å². The lowest BCUT2D eigenvalue weighted by Gasteiger charge is -2.35. The van der Waals surface area contributed by atoms with Crippen molar-refractivity contribution in [3.8, 4) is 0 Å². The van der Waals surface area contributed by atoms with Crippen LogP contribution in [-0.4, -0.2) is 12.6 Å². The van der Waals surface area contributed by atoms with Crippen molar-refractivity contribution in [3.63, 3.8) is 0 Å². The number of nitrogens with one attached hydrogen (secondary N) is 1. The number of rotatable bonds is 7. The number of fused-ring (bicyclic) bond motifs is 1. The molecule has 0 heterocycles. The fourth-order valence-corrected chi connectivity index (χ4v) is 4.11. The van der Waals surface area contributed by atoms with Crippen molar-refractivity contribution >= 4 is 0 Å². The molecule has 0 fully saturated rings. The Balaban J connectivity index is 1.97. The highest BCUT2D eigenvalue weighted by Gasteiger charge is 2.28. The summed E-state index contributed by atoms with van der Waals surface area (Å²) < 4.78 is 0. The molecule has 1 heteroatoms. The molecule has 2 atom stereocenters. The number of benzene rings is 1. The SMILES string of the molecule is CCCNC(C)CC(C)(C)CC1CCCc2ccccc21. The second-order valence-electron chi connectivity index (χ2n) is 7.72. The van der Waals surface area contributed by atoms with E-state index in [1.807, 2.05) is 0 Å². The number of aryl methyl sites for hydroxylation is 1. The van der Waals surface area contributed by atoms with Crippen LogP contribution in [0.1, 0.15) is 76.8 Å². The molecule has 0 spiro atoms. The molecule has 2 unspecified atom stereocenters. The Morgan fingerprint density at radius 1 is 1.29 bits per heavy atom. The molecule has 1 nitrogen and oxygen atoms in total. The zero-order valence-corrected chi connectivity index (χ0v) is 14.4. The largest absolute Gasteiger partial charge is 0.314 e. The number of hydrogen-bond donors (Lipinski definition) is 1. The van der Waals surface area contributed by atoms with Gasteiger partial charge in [0.2, 0.25) is 0 Å². The first-order chi connectivity index (χ1) is 10.0. The Morgan fingerprint density at radius 3 is 2.81 bits per heavy atom. The minimum Gasteiger partial charge on any atom is -0.314 e. The van der Waals surface area contributed by atoms with Gasteiger partial charge in [0.05, 0.1) is 0 Å². The van der Waals surface area contributed by atoms with Crippen molar-refractivity contribution in [1.82, 2.24) is 5.32 Å². The van der Waals surface area contributed by atoms with Gasteiger partial charge in [0, 0.05) is 6.04 Å². The average molecular weight is 287 g/mol. The zero-order valence-electron chi connectivity index (χ0n) is 14.4. The minimum absolute atomic E-state index is 0.412. The summed E-state index contributed by atoms with van der Waals surface area (Å²) in [5, 5.41) is 3.64. The van der Waals surface area contributed by atoms with Crippen LogP contribution >= 0.6 is 0 Å². The first kappa shape index (κ1) is 16.5. The van der Waals surface area contributed by atoms with E-state index in [1.165, 1.54) is 38.5 Å². The molecule has 0 bridgehead atoms. The topological polar surface area (TPSA) is 12.0 Å². The monoisotopic (exact) mass is 287 g/mol. The molecule has 0 aromatic heterocycles. The van der Waals surface area contributed by atoms with Crippen LogP contribution in [-0.2, 0) is 6.42 Å². The third kappa shape index (κ3) is 4.85. The van der Waals surface area contributed by atoms with Crippen LogP contribution in [0, 0.1) is 5.41 Å². The molecular formula is C20H33N. The predicted octanol–water partition coefficient (Wildman–Crippen LogP) is 5.30. The van der Waals surface area contributed by atoms with Crippen molar-refractivity contribution in [3.05, 3.63) is 35.4 Å². The highest BCUT2D eigenvalue weighted by Crippen LogP contribution is 2.41. The quantitative estimate of drug-likeness (QED) is 0.717. The van der Waals surface area contributed by atoms with E-state index in [-0.39, 0.29) is 0 Å². The van der Waals surface area contributed by atoms with Crippen LogP contribution in [0.3, 0.4) is 0 Å². The van der Waals surface area contributed by atoms with Gasteiger partial charge in [-0.25, -0.2) is 0 Å². The molecular weight excluding hydrogens is 254 g/mol. The normalized spacial score (nSPS) is 20.1. The van der Waals surface area contributed by atoms with Crippen molar-refractivity contribution < 1.29 is 0 Å². The smallest absolute Gasteiger partial charge is 0.00438 e. The summed E-state index contributed by atoms with van der Waals surface area (Å²) in [6.45, 7) is 10.6. The Hall–Kier alpha value is -0.820. The van der Waals surface area contributed by atoms with Gasteiger partial charge in [-0.3, -0.25) is 0 Å². The second-order valence-corrected chi connectivity index (χ2v) is 7.72. The van der Waals surface area contributed by atoms with E-state index >= 15 is 0 Å². The summed E-state index contributed by atoms with van der Waals surface area (Å²) in [7, 11) is 0. The summed E-state index contributed by atoms with van der Waals surface area (Å²) in [6, 6.07) is 9.74. The van der Waals surface area contributed by atoms with Crippen molar-refractivity contribution in [2.45, 2.75) is 78.2 Å². The summed E-state index contributed by atoms with van der Waals surface area (Å²) in [5.41, 5.74) is 3.64. The maximum absolute atomic E-state index is 3.64. The Labute approximate surface area is 131 Å². The molecule has 1 aromatic carbocycles. The standard InChI is InChI=1S/C20H33N/c1-5-13-21-16(2)14-20(3,4)15-18-11-8-10-17-9-6-7-12-19(17)18/h6-7,9,12,16,18,21H,5,8,10-11,13-15H2,1-4H3. The van der Waals surface area contributed by atoms with Crippen LogP contribution < -0.4 is 5.32 Å². The molecule has 1 aliphatic carbocycles. The third-order valence-electron chi connectivity index (χ3n) is 4.89. The highest BCUT2D eigenvalue weighted by molar-refractivity contribution is 5.32. The zero-order chi connectivity index (χ0) is 15.3. The van der Waals surface area contributed by atoms with Gasteiger partial charge in [0.15, 0.2) is 0 Å². The lowest BCUT2D eigenvalue weighted by molar-refractivity contribution is 0.240. The van der Waals surface area contributed by atoms with Crippen molar-refractivity contribution in [2.75, 3.05) is 6.54 Å². The van der Waals surface area contributed by atoms with Crippen LogP contribution in [0.15, 0.2) is 24.3 Å². The summed E-state index contributed by atoms with van der Waals surface area (Å²) in [4.78, 5) is 0. The lowest BCUT2D eigenvalue weighted by atomic mass is 9.71. The van der Waals surface area contributed by atoms with Crippen LogP contribution in [0.5, 0.6) is 0 Å². The van der Waals surface area contributed by atoms with E-state index in [9.17, 15) is 0 Å². The van der Waals surface area contributed by atoms with Crippen LogP contribution in [0.25, 0.3) is 0 Å². The molecule has 118 valence electrons. The molecule has 1 aromatic rings. The molecule has 0 aliphatic heterocycles. The van der Waals surface area contributed by atoms with E-state index in [0.717, 1.165) is 12.5 Å². The van der Waals surface area contributed by atoms with Gasteiger partial charge >= 0.3 is 0 Å². The minimum atomic E-state index is 0.412. The Morgan fingerprint density at radius 2 is 2.05 bits per heavy atom. The fourth-order valence-electron chi connectivity index (χ4n) is 4.11. The average Bonchev–Trinajstić information content (AvgIpc) is 2.44. The van der Waals surface area contributed by atoms with E-state index in [4.69, 9.17) is 0 Å². The van der Waals surface area contributed by atoms with Crippen molar-refractivity contribution in [2.24, 2.45) is 5.41 Å². The van der Waals surface area contributed by atoms with Gasteiger partial charge in [-0.05, 0) is 74.5 Å². The van der Waals surface area contributed by atoms with Gasteiger partial charge < -0.3 is 5.32 Å². The second kappa shape index (κ2) is 7.45. The van der Waals surface area contributed by atoms with Crippen LogP contribution in [0.4, 0.5) is 0 Å². The summed E-state index contributed by atoms with van der Waals surface area (Å²) in [5.74, 6) is 0.767. The first-order valence-electron chi connectivity index (χ1n) is 8.83. The number of hydrogen-bond acceptors (Lipinski definition) is 1. The van der Waals surface area contributed by atoms with E-state index < -0.39 is 0 Å². The summed E-state index contributed by atoms with van der Waals surface area (Å²) >= 11 is 0. The third-order valence-corrected chi connectivity index (χ3v) is 4.89. The van der Waals surface area contributed by atoms with Gasteiger partial charge in [0.1, 0.15) is 0 Å². The van der Waals surface area contributed by atoms with Crippen LogP contribution in [0.2, 0.25) is 0 Å². The molecule has 0 amide bonds. The van der Waals surface area contributed by atoms with Gasteiger partial charge in [-0.15, -0.1) is 0 Å². The highest BCUT2D eigenvalue weighted by atomic mass is 14.9. The van der Waals surface area contributed by atoms with Gasteiger partial charge in [-0.2, -0.15) is 0 Å². The lowest BCUT2D eigenvalue weighted by Crippen LogP contribution is -2.32. The van der Waals surface area contributed by atoms with E-state index in [0.29, 0.717) is 11.5 Å². The molecule has 2 rings (SSSR count). The van der Waals surface area contributed by atoms with Gasteiger partial charge in [-0.1, -0.05) is 45.0 Å². The Kier molecular flexibility index (Phi) is 5.87. The predicted molar refractivity (Wildman–Crippen MR) is 92.9 cm³/mol. The fraction of sp³-hybridized carbons (Fsp3) is 0.700. The molecule has 0 saturated heterocycles. The molecule has 1 N–H and O–H groups in total. The van der Waals surface area contributed by atoms with E-state index in [2.05, 4.69) is 57.3 Å².